The van der Waals surface area contributed by atoms with Gasteiger partial charge in [-0.3, -0.25) is 5.43 Å². The maximum Gasteiger partial charge on any atom is 0.191 e. The third kappa shape index (κ3) is 5.13. The van der Waals surface area contributed by atoms with Gasteiger partial charge in [0.25, 0.3) is 0 Å². The van der Waals surface area contributed by atoms with Gasteiger partial charge in [-0.1, -0.05) is 0 Å². The van der Waals surface area contributed by atoms with E-state index in [4.69, 9.17) is 21.7 Å². The average Bonchev–Trinajstić information content (AvgIpc) is 2.58. The molecule has 2 aromatic rings. The van der Waals surface area contributed by atoms with Crippen LogP contribution in [0.3, 0.4) is 0 Å². The fraction of sp³-hybridized carbons (Fsp3) is 0.176. The zero-order valence-electron chi connectivity index (χ0n) is 13.4. The Labute approximate surface area is 146 Å². The Morgan fingerprint density at radius 3 is 2.67 bits per heavy atom. The molecule has 0 aromatic heterocycles. The van der Waals surface area contributed by atoms with Gasteiger partial charge in [0, 0.05) is 5.69 Å². The van der Waals surface area contributed by atoms with Gasteiger partial charge in [-0.05, 0) is 67.2 Å². The number of nitrogens with zero attached hydrogens (tertiary/aromatic N) is 1. The minimum Gasteiger partial charge on any atom is -0.504 e. The van der Waals surface area contributed by atoms with Crippen LogP contribution in [-0.4, -0.2) is 30.2 Å². The SMILES string of the molecule is CCOc1cc(/C=N/NC(=S)Nc2ccc(OC)cc2)ccc1O. The summed E-state index contributed by atoms with van der Waals surface area (Å²) in [7, 11) is 1.61. The molecule has 2 rings (SSSR count). The lowest BCUT2D eigenvalue weighted by molar-refractivity contribution is 0.318. The van der Waals surface area contributed by atoms with E-state index in [0.717, 1.165) is 17.0 Å². The summed E-state index contributed by atoms with van der Waals surface area (Å²) >= 11 is 5.17. The minimum absolute atomic E-state index is 0.0960. The van der Waals surface area contributed by atoms with Gasteiger partial charge in [0.15, 0.2) is 16.6 Å². The van der Waals surface area contributed by atoms with E-state index in [1.165, 1.54) is 0 Å². The predicted molar refractivity (Wildman–Crippen MR) is 99.2 cm³/mol. The van der Waals surface area contributed by atoms with Crippen molar-refractivity contribution in [2.24, 2.45) is 5.10 Å². The van der Waals surface area contributed by atoms with Crippen LogP contribution in [0, 0.1) is 0 Å². The molecule has 0 fully saturated rings. The molecule has 0 saturated heterocycles. The van der Waals surface area contributed by atoms with E-state index in [0.29, 0.717) is 17.5 Å². The van der Waals surface area contributed by atoms with Gasteiger partial charge < -0.3 is 19.9 Å². The maximum absolute atomic E-state index is 9.66. The number of hydrogen-bond acceptors (Lipinski definition) is 5. The van der Waals surface area contributed by atoms with Gasteiger partial charge in [-0.2, -0.15) is 5.10 Å². The monoisotopic (exact) mass is 345 g/mol. The Kier molecular flexibility index (Phi) is 6.39. The first-order chi connectivity index (χ1) is 11.6. The largest absolute Gasteiger partial charge is 0.504 e. The van der Waals surface area contributed by atoms with Crippen molar-refractivity contribution in [3.63, 3.8) is 0 Å². The summed E-state index contributed by atoms with van der Waals surface area (Å²) in [5.74, 6) is 1.29. The topological polar surface area (TPSA) is 75.1 Å². The summed E-state index contributed by atoms with van der Waals surface area (Å²) in [6.45, 7) is 2.33. The van der Waals surface area contributed by atoms with E-state index in [1.807, 2.05) is 31.2 Å². The first-order valence-corrected chi connectivity index (χ1v) is 7.73. The normalized spacial score (nSPS) is 10.4. The lowest BCUT2D eigenvalue weighted by Gasteiger charge is -2.08. The quantitative estimate of drug-likeness (QED) is 0.424. The molecule has 7 heteroatoms. The predicted octanol–water partition coefficient (Wildman–Crippen LogP) is 3.12. The third-order valence-corrected chi connectivity index (χ3v) is 3.20. The summed E-state index contributed by atoms with van der Waals surface area (Å²) in [5, 5.41) is 17.1. The van der Waals surface area contributed by atoms with Crippen LogP contribution in [0.4, 0.5) is 5.69 Å². The van der Waals surface area contributed by atoms with Crippen LogP contribution >= 0.6 is 12.2 Å². The summed E-state index contributed by atoms with van der Waals surface area (Å²) in [5.41, 5.74) is 4.33. The van der Waals surface area contributed by atoms with Crippen LogP contribution in [-0.2, 0) is 0 Å². The van der Waals surface area contributed by atoms with E-state index in [9.17, 15) is 5.11 Å². The number of benzene rings is 2. The molecule has 0 aliphatic rings. The third-order valence-electron chi connectivity index (χ3n) is 3.01. The van der Waals surface area contributed by atoms with Gasteiger partial charge in [0.05, 0.1) is 19.9 Å². The minimum atomic E-state index is 0.0960. The van der Waals surface area contributed by atoms with Gasteiger partial charge in [-0.15, -0.1) is 0 Å². The van der Waals surface area contributed by atoms with Crippen LogP contribution in [0.25, 0.3) is 0 Å². The molecule has 0 heterocycles. The molecule has 0 aliphatic carbocycles. The summed E-state index contributed by atoms with van der Waals surface area (Å²) < 4.78 is 10.4. The number of phenols is 1. The molecule has 2 aromatic carbocycles. The van der Waals surface area contributed by atoms with Crippen LogP contribution in [0.5, 0.6) is 17.2 Å². The van der Waals surface area contributed by atoms with Crippen molar-refractivity contribution in [3.8, 4) is 17.2 Å². The second-order valence-corrected chi connectivity index (χ2v) is 5.12. The molecule has 0 spiro atoms. The van der Waals surface area contributed by atoms with Crippen LogP contribution < -0.4 is 20.2 Å². The molecule has 0 atom stereocenters. The number of anilines is 1. The number of methoxy groups -OCH3 is 1. The average molecular weight is 345 g/mol. The Morgan fingerprint density at radius 2 is 2.00 bits per heavy atom. The summed E-state index contributed by atoms with van der Waals surface area (Å²) in [4.78, 5) is 0. The molecule has 0 unspecified atom stereocenters. The molecule has 3 N–H and O–H groups in total. The fourth-order valence-electron chi connectivity index (χ4n) is 1.88. The van der Waals surface area contributed by atoms with Crippen molar-refractivity contribution in [1.29, 1.82) is 0 Å². The van der Waals surface area contributed by atoms with Gasteiger partial charge in [0.1, 0.15) is 5.75 Å². The van der Waals surface area contributed by atoms with E-state index >= 15 is 0 Å². The Hall–Kier alpha value is -2.80. The molecular formula is C17H19N3O3S. The zero-order valence-corrected chi connectivity index (χ0v) is 14.3. The number of phenolic OH excluding ortho intramolecular Hbond substituents is 1. The second-order valence-electron chi connectivity index (χ2n) is 4.71. The van der Waals surface area contributed by atoms with Gasteiger partial charge >= 0.3 is 0 Å². The first-order valence-electron chi connectivity index (χ1n) is 7.32. The number of nitrogens with one attached hydrogen (secondary N) is 2. The van der Waals surface area contributed by atoms with E-state index in [1.54, 1.807) is 31.5 Å². The van der Waals surface area contributed by atoms with Crippen LogP contribution in [0.15, 0.2) is 47.6 Å². The fourth-order valence-corrected chi connectivity index (χ4v) is 2.05. The van der Waals surface area contributed by atoms with Gasteiger partial charge in [-0.25, -0.2) is 0 Å². The van der Waals surface area contributed by atoms with Crippen LogP contribution in [0.1, 0.15) is 12.5 Å². The highest BCUT2D eigenvalue weighted by atomic mass is 32.1. The van der Waals surface area contributed by atoms with Crippen molar-refractivity contribution in [2.45, 2.75) is 6.92 Å². The van der Waals surface area contributed by atoms with Gasteiger partial charge in [0.2, 0.25) is 0 Å². The lowest BCUT2D eigenvalue weighted by atomic mass is 10.2. The second kappa shape index (κ2) is 8.73. The molecule has 0 saturated carbocycles. The molecule has 0 aliphatic heterocycles. The van der Waals surface area contributed by atoms with Crippen molar-refractivity contribution in [3.05, 3.63) is 48.0 Å². The molecule has 0 amide bonds. The molecule has 0 radical (unpaired) electrons. The maximum atomic E-state index is 9.66. The highest BCUT2D eigenvalue weighted by Crippen LogP contribution is 2.26. The number of aromatic hydroxyl groups is 1. The van der Waals surface area contributed by atoms with E-state index < -0.39 is 0 Å². The van der Waals surface area contributed by atoms with E-state index in [2.05, 4.69) is 15.8 Å². The number of ether oxygens (including phenoxy) is 2. The molecule has 126 valence electrons. The van der Waals surface area contributed by atoms with Crippen molar-refractivity contribution in [1.82, 2.24) is 5.43 Å². The highest BCUT2D eigenvalue weighted by molar-refractivity contribution is 7.80. The van der Waals surface area contributed by atoms with Crippen LogP contribution in [0.2, 0.25) is 0 Å². The van der Waals surface area contributed by atoms with Crippen molar-refractivity contribution in [2.75, 3.05) is 19.0 Å². The number of hydrogen-bond donors (Lipinski definition) is 3. The van der Waals surface area contributed by atoms with Crippen molar-refractivity contribution >= 4 is 29.2 Å². The number of thiocarbonyl (C=S) groups is 1. The Balaban J connectivity index is 1.90. The summed E-state index contributed by atoms with van der Waals surface area (Å²) in [6.07, 6.45) is 1.59. The number of rotatable bonds is 6. The standard InChI is InChI=1S/C17H19N3O3S/c1-3-23-16-10-12(4-9-15(16)21)11-18-20-17(24)19-13-5-7-14(22-2)8-6-13/h4-11,21H,3H2,1-2H3,(H2,19,20,24)/b18-11+. The molecule has 6 nitrogen and oxygen atoms in total. The molecule has 0 bridgehead atoms. The molecular weight excluding hydrogens is 326 g/mol. The highest BCUT2D eigenvalue weighted by Gasteiger charge is 2.02. The lowest BCUT2D eigenvalue weighted by Crippen LogP contribution is -2.23. The van der Waals surface area contributed by atoms with Crippen molar-refractivity contribution < 1.29 is 14.6 Å². The Morgan fingerprint density at radius 1 is 1.25 bits per heavy atom. The summed E-state index contributed by atoms with van der Waals surface area (Å²) in [6, 6.07) is 12.3. The van der Waals surface area contributed by atoms with E-state index in [-0.39, 0.29) is 5.75 Å². The molecule has 24 heavy (non-hydrogen) atoms. The smallest absolute Gasteiger partial charge is 0.191 e. The first kappa shape index (κ1) is 17.6. The zero-order chi connectivity index (χ0) is 17.4. The number of hydrazone groups is 1. The Bertz CT molecular complexity index is 718.